The van der Waals surface area contributed by atoms with Crippen LogP contribution in [-0.4, -0.2) is 43.6 Å². The highest BCUT2D eigenvalue weighted by molar-refractivity contribution is 7.99. The van der Waals surface area contributed by atoms with E-state index < -0.39 is 69.3 Å². The van der Waals surface area contributed by atoms with Crippen LogP contribution in [0.5, 0.6) is 23.0 Å². The van der Waals surface area contributed by atoms with Crippen LogP contribution in [0.2, 0.25) is 0 Å². The Morgan fingerprint density at radius 2 is 1.04 bits per heavy atom. The second-order valence-corrected chi connectivity index (χ2v) is 16.0. The Morgan fingerprint density at radius 1 is 0.608 bits per heavy atom. The zero-order valence-electron chi connectivity index (χ0n) is 29.2. The highest BCUT2D eigenvalue weighted by atomic mass is 32.2. The highest BCUT2D eigenvalue weighted by Crippen LogP contribution is 2.58. The fraction of sp³-hybridized carbons (Fsp3) is 0.268. The van der Waals surface area contributed by atoms with Gasteiger partial charge in [-0.15, -0.1) is 0 Å². The minimum Gasteiger partial charge on any atom is -0.504 e. The van der Waals surface area contributed by atoms with Gasteiger partial charge in [0.2, 0.25) is 0 Å². The predicted molar refractivity (Wildman–Crippen MR) is 196 cm³/mol. The van der Waals surface area contributed by atoms with Crippen LogP contribution in [-0.2, 0) is 0 Å². The van der Waals surface area contributed by atoms with Crippen molar-refractivity contribution in [2.75, 3.05) is 0 Å². The van der Waals surface area contributed by atoms with Crippen molar-refractivity contribution in [2.24, 2.45) is 11.3 Å². The summed E-state index contributed by atoms with van der Waals surface area (Å²) in [5, 5.41) is 45.4. The third kappa shape index (κ3) is 5.38. The largest absolute Gasteiger partial charge is 0.504 e. The number of carbonyl (C=O) groups is 4. The number of phenols is 4. The van der Waals surface area contributed by atoms with Crippen molar-refractivity contribution >= 4 is 46.7 Å². The number of Topliss-reactive ketones (excluding diaryl/α,β-unsaturated/α-hetero) is 4. The van der Waals surface area contributed by atoms with E-state index in [0.29, 0.717) is 9.79 Å². The fourth-order valence-electron chi connectivity index (χ4n) is 7.39. The summed E-state index contributed by atoms with van der Waals surface area (Å²) in [5.74, 6) is -6.77. The first-order valence-electron chi connectivity index (χ1n) is 16.6. The molecule has 6 rings (SSSR count). The SMILES string of the molecule is CC1=C(C2(C)C(=O)c3c(Sc4ccccc4)c(O)c(O)c(C(C)C)c3C(=O)C2C)C(=O)c2c(Sc3ccccc3)c(O)c(O)c(C(C)C)c2C1=O. The molecule has 4 aromatic rings. The molecule has 2 unspecified atom stereocenters. The summed E-state index contributed by atoms with van der Waals surface area (Å²) < 4.78 is 0. The van der Waals surface area contributed by atoms with Crippen molar-refractivity contribution in [1.82, 2.24) is 0 Å². The summed E-state index contributed by atoms with van der Waals surface area (Å²) in [7, 11) is 0. The molecule has 0 fully saturated rings. The summed E-state index contributed by atoms with van der Waals surface area (Å²) in [6.07, 6.45) is 0. The number of hydrogen-bond donors (Lipinski definition) is 4. The van der Waals surface area contributed by atoms with Crippen molar-refractivity contribution in [3.63, 3.8) is 0 Å². The Bertz CT molecular complexity index is 2200. The van der Waals surface area contributed by atoms with E-state index in [4.69, 9.17) is 0 Å². The van der Waals surface area contributed by atoms with Gasteiger partial charge in [-0.3, -0.25) is 19.2 Å². The molecular formula is C41H38O8S2. The Kier molecular flexibility index (Phi) is 9.23. The molecule has 0 radical (unpaired) electrons. The molecule has 4 N–H and O–H groups in total. The molecule has 2 aliphatic rings. The maximum Gasteiger partial charge on any atom is 0.192 e. The molecule has 10 heteroatoms. The molecule has 2 aliphatic carbocycles. The number of fused-ring (bicyclic) bond motifs is 2. The Balaban J connectivity index is 1.65. The molecule has 0 aromatic heterocycles. The van der Waals surface area contributed by atoms with E-state index >= 15 is 9.59 Å². The van der Waals surface area contributed by atoms with E-state index in [2.05, 4.69) is 0 Å². The van der Waals surface area contributed by atoms with E-state index in [9.17, 15) is 30.0 Å². The average molecular weight is 723 g/mol. The molecule has 262 valence electrons. The van der Waals surface area contributed by atoms with Gasteiger partial charge in [-0.05, 0) is 49.9 Å². The first kappa shape index (κ1) is 36.0. The minimum atomic E-state index is -1.91. The van der Waals surface area contributed by atoms with Crippen LogP contribution in [0.3, 0.4) is 0 Å². The second kappa shape index (κ2) is 13.1. The Labute approximate surface area is 304 Å². The fourth-order valence-corrected chi connectivity index (χ4v) is 9.43. The number of ketones is 4. The lowest BCUT2D eigenvalue weighted by molar-refractivity contribution is 0.0633. The number of phenolic OH excluding ortho intramolecular Hbond substituents is 4. The maximum absolute atomic E-state index is 15.3. The van der Waals surface area contributed by atoms with Crippen LogP contribution in [0.25, 0.3) is 0 Å². The molecule has 0 spiro atoms. The second-order valence-electron chi connectivity index (χ2n) is 13.8. The summed E-state index contributed by atoms with van der Waals surface area (Å²) in [5.41, 5.74) is -2.29. The van der Waals surface area contributed by atoms with Gasteiger partial charge in [0.05, 0.1) is 20.8 Å². The molecule has 51 heavy (non-hydrogen) atoms. The summed E-state index contributed by atoms with van der Waals surface area (Å²) in [6.45, 7) is 11.4. The lowest BCUT2D eigenvalue weighted by Crippen LogP contribution is -2.49. The standard InChI is InChI=1S/C41H38O8S2/c1-18(2)24-26-28(38(36(47)34(24)45)50-22-14-10-8-11-15-22)33(44)30(20(5)31(26)42)41(7)21(6)32(43)27-25(19(3)4)35(46)37(48)39(29(27)40(41)49)51-23-16-12-9-13-17-23/h8-19,21,45-48H,1-7H3. The van der Waals surface area contributed by atoms with Crippen molar-refractivity contribution in [3.05, 3.63) is 105 Å². The van der Waals surface area contributed by atoms with E-state index in [1.807, 2.05) is 0 Å². The van der Waals surface area contributed by atoms with Crippen LogP contribution >= 0.6 is 23.5 Å². The number of allylic oxidation sites excluding steroid dienone is 2. The van der Waals surface area contributed by atoms with Crippen molar-refractivity contribution in [1.29, 1.82) is 0 Å². The maximum atomic E-state index is 15.3. The third-order valence-corrected chi connectivity index (χ3v) is 12.3. The number of benzene rings is 4. The lowest BCUT2D eigenvalue weighted by atomic mass is 9.57. The van der Waals surface area contributed by atoms with E-state index in [1.54, 1.807) is 88.4 Å². The number of hydrogen-bond acceptors (Lipinski definition) is 10. The highest BCUT2D eigenvalue weighted by Gasteiger charge is 2.57. The van der Waals surface area contributed by atoms with Crippen LogP contribution in [0.4, 0.5) is 0 Å². The summed E-state index contributed by atoms with van der Waals surface area (Å²) in [4.78, 5) is 60.8. The van der Waals surface area contributed by atoms with Gasteiger partial charge < -0.3 is 20.4 Å². The molecule has 0 saturated carbocycles. The summed E-state index contributed by atoms with van der Waals surface area (Å²) in [6, 6.07) is 17.7. The average Bonchev–Trinajstić information content (AvgIpc) is 3.09. The zero-order chi connectivity index (χ0) is 37.3. The predicted octanol–water partition coefficient (Wildman–Crippen LogP) is 9.48. The zero-order valence-corrected chi connectivity index (χ0v) is 30.9. The van der Waals surface area contributed by atoms with Gasteiger partial charge in [0.25, 0.3) is 0 Å². The van der Waals surface area contributed by atoms with E-state index in [0.717, 1.165) is 23.5 Å². The summed E-state index contributed by atoms with van der Waals surface area (Å²) >= 11 is 2.01. The van der Waals surface area contributed by atoms with Gasteiger partial charge in [-0.25, -0.2) is 0 Å². The quantitative estimate of drug-likeness (QED) is 0.136. The molecular weight excluding hydrogens is 685 g/mol. The third-order valence-electron chi connectivity index (χ3n) is 10.1. The lowest BCUT2D eigenvalue weighted by Gasteiger charge is -2.43. The monoisotopic (exact) mass is 722 g/mol. The molecule has 0 amide bonds. The van der Waals surface area contributed by atoms with Gasteiger partial charge in [-0.1, -0.05) is 94.5 Å². The molecule has 0 saturated heterocycles. The van der Waals surface area contributed by atoms with Gasteiger partial charge >= 0.3 is 0 Å². The van der Waals surface area contributed by atoms with Gasteiger partial charge in [0, 0.05) is 54.7 Å². The Morgan fingerprint density at radius 3 is 1.49 bits per heavy atom. The van der Waals surface area contributed by atoms with Crippen LogP contribution in [0.15, 0.2) is 91.4 Å². The molecule has 0 heterocycles. The molecule has 0 bridgehead atoms. The van der Waals surface area contributed by atoms with Crippen molar-refractivity contribution in [3.8, 4) is 23.0 Å². The van der Waals surface area contributed by atoms with Gasteiger partial charge in [-0.2, -0.15) is 0 Å². The van der Waals surface area contributed by atoms with Crippen molar-refractivity contribution < 1.29 is 39.6 Å². The van der Waals surface area contributed by atoms with Crippen LogP contribution < -0.4 is 0 Å². The van der Waals surface area contributed by atoms with Gasteiger partial charge in [0.15, 0.2) is 46.1 Å². The normalized spacial score (nSPS) is 18.9. The van der Waals surface area contributed by atoms with Crippen molar-refractivity contribution in [2.45, 2.75) is 79.9 Å². The Hall–Kier alpha value is -4.80. The molecule has 0 aliphatic heterocycles. The van der Waals surface area contributed by atoms with E-state index in [1.165, 1.54) is 20.8 Å². The van der Waals surface area contributed by atoms with Crippen LogP contribution in [0, 0.1) is 11.3 Å². The first-order valence-corrected chi connectivity index (χ1v) is 18.3. The molecule has 8 nitrogen and oxygen atoms in total. The smallest absolute Gasteiger partial charge is 0.192 e. The molecule has 4 aromatic carbocycles. The topological polar surface area (TPSA) is 149 Å². The van der Waals surface area contributed by atoms with Gasteiger partial charge in [0.1, 0.15) is 0 Å². The number of carbonyl (C=O) groups excluding carboxylic acids is 4. The van der Waals surface area contributed by atoms with Crippen LogP contribution in [0.1, 0.15) is 113 Å². The molecule has 2 atom stereocenters. The number of rotatable bonds is 7. The minimum absolute atomic E-state index is 0.0214. The number of aromatic hydroxyl groups is 4. The van der Waals surface area contributed by atoms with E-state index in [-0.39, 0.29) is 54.3 Å². The first-order chi connectivity index (χ1) is 24.0.